The van der Waals surface area contributed by atoms with E-state index in [2.05, 4.69) is 0 Å². The highest BCUT2D eigenvalue weighted by Gasteiger charge is 2.32. The molecule has 26 heavy (non-hydrogen) atoms. The van der Waals surface area contributed by atoms with Gasteiger partial charge in [-0.1, -0.05) is 0 Å². The predicted molar refractivity (Wildman–Crippen MR) is 89.0 cm³/mol. The van der Waals surface area contributed by atoms with Gasteiger partial charge in [-0.15, -0.1) is 0 Å². The summed E-state index contributed by atoms with van der Waals surface area (Å²) in [5.41, 5.74) is 0. The molecule has 0 amide bonds. The Hall–Kier alpha value is -1.79. The lowest BCUT2D eigenvalue weighted by Gasteiger charge is -2.34. The number of ketones is 1. The molecule has 0 bridgehead atoms. The van der Waals surface area contributed by atoms with Crippen LogP contribution in [-0.2, 0) is 9.59 Å². The lowest BCUT2D eigenvalue weighted by molar-refractivity contribution is -0.135. The summed E-state index contributed by atoms with van der Waals surface area (Å²) in [4.78, 5) is 21.8. The van der Waals surface area contributed by atoms with Crippen LogP contribution in [0.25, 0.3) is 0 Å². The van der Waals surface area contributed by atoms with Crippen LogP contribution in [-0.4, -0.2) is 11.8 Å². The van der Waals surface area contributed by atoms with Gasteiger partial charge in [-0.05, 0) is 50.4 Å². The first kappa shape index (κ1) is 20.5. The van der Waals surface area contributed by atoms with Crippen LogP contribution < -0.4 is 0 Å². The fraction of sp³-hybridized carbons (Fsp3) is 0.579. The van der Waals surface area contributed by atoms with Crippen LogP contribution in [0.15, 0.2) is 12.1 Å². The third-order valence-electron chi connectivity index (χ3n) is 5.30. The van der Waals surface area contributed by atoms with Gasteiger partial charge >= 0.3 is 6.04 Å². The third kappa shape index (κ3) is 5.61. The molecule has 0 spiro atoms. The van der Waals surface area contributed by atoms with E-state index < -0.39 is 29.3 Å². The number of halogens is 5. The number of hydrogen-bond acceptors (Lipinski definition) is 2. The zero-order chi connectivity index (χ0) is 19.3. The molecule has 1 aromatic rings. The molecule has 0 saturated heterocycles. The van der Waals surface area contributed by atoms with Crippen molar-refractivity contribution < 1.29 is 34.4 Å². The number of hydrogen-bond donors (Lipinski definition) is 0. The van der Waals surface area contributed by atoms with Crippen LogP contribution in [0.1, 0.15) is 54.2 Å². The fourth-order valence-electron chi connectivity index (χ4n) is 3.78. The summed E-state index contributed by atoms with van der Waals surface area (Å²) in [6.07, 6.45) is 6.85. The van der Waals surface area contributed by atoms with Gasteiger partial charge in [0.2, 0.25) is 0 Å². The molecule has 7 heteroatoms. The van der Waals surface area contributed by atoms with Crippen LogP contribution in [0, 0.1) is 41.0 Å². The number of carbonyl (C=O) groups excluding carboxylic acids is 2. The van der Waals surface area contributed by atoms with Gasteiger partial charge in [-0.25, -0.2) is 17.6 Å². The molecule has 3 rings (SSSR count). The average molecular weight is 380 g/mol. The van der Waals surface area contributed by atoms with Crippen molar-refractivity contribution in [1.29, 1.82) is 0 Å². The van der Waals surface area contributed by atoms with Gasteiger partial charge in [-0.3, -0.25) is 9.59 Å². The number of rotatable bonds is 2. The lowest BCUT2D eigenvalue weighted by Crippen LogP contribution is -2.27. The minimum absolute atomic E-state index is 0. The number of carbonyl (C=O) groups is 2. The standard InChI is InChI=1S/C13H19FO2.C6H2F4.2H2/c14-13(16)11-3-1-9(2-4-11)10-5-7-12(15)8-6-10;7-3-1-4(8)6(10)5(9)2-3;;/h9-11H,1-8H2;1-2H;2*1H. The summed E-state index contributed by atoms with van der Waals surface area (Å²) in [5.74, 6) is -4.48. The topological polar surface area (TPSA) is 34.1 Å². The van der Waals surface area contributed by atoms with Crippen molar-refractivity contribution in [2.75, 3.05) is 0 Å². The molecule has 2 aliphatic rings. The van der Waals surface area contributed by atoms with E-state index in [0.29, 0.717) is 30.5 Å². The van der Waals surface area contributed by atoms with E-state index in [0.717, 1.165) is 38.5 Å². The van der Waals surface area contributed by atoms with Gasteiger partial charge in [0, 0.05) is 33.7 Å². The monoisotopic (exact) mass is 380 g/mol. The van der Waals surface area contributed by atoms with Crippen molar-refractivity contribution in [3.05, 3.63) is 35.4 Å². The second-order valence-corrected chi connectivity index (χ2v) is 6.98. The van der Waals surface area contributed by atoms with Gasteiger partial charge < -0.3 is 0 Å². The van der Waals surface area contributed by atoms with E-state index in [1.807, 2.05) is 0 Å². The Labute approximate surface area is 151 Å². The van der Waals surface area contributed by atoms with E-state index >= 15 is 0 Å². The van der Waals surface area contributed by atoms with E-state index in [1.54, 1.807) is 0 Å². The molecule has 2 fully saturated rings. The second kappa shape index (κ2) is 9.24. The van der Waals surface area contributed by atoms with Crippen molar-refractivity contribution in [2.45, 2.75) is 51.4 Å². The molecular weight excluding hydrogens is 355 g/mol. The smallest absolute Gasteiger partial charge is 0.300 e. The van der Waals surface area contributed by atoms with E-state index in [9.17, 15) is 31.5 Å². The highest BCUT2D eigenvalue weighted by molar-refractivity contribution is 5.79. The van der Waals surface area contributed by atoms with Gasteiger partial charge in [-0.2, -0.15) is 4.39 Å². The molecule has 1 aromatic carbocycles. The Morgan fingerprint density at radius 2 is 1.31 bits per heavy atom. The maximum Gasteiger partial charge on any atom is 0.304 e. The summed E-state index contributed by atoms with van der Waals surface area (Å²) in [5, 5.41) is 0. The molecule has 2 aliphatic carbocycles. The predicted octanol–water partition coefficient (Wildman–Crippen LogP) is 5.78. The average Bonchev–Trinajstić information content (AvgIpc) is 2.61. The molecule has 0 aromatic heterocycles. The highest BCUT2D eigenvalue weighted by Crippen LogP contribution is 2.39. The van der Waals surface area contributed by atoms with E-state index in [4.69, 9.17) is 0 Å². The molecular formula is C19H25F5O2. The van der Waals surface area contributed by atoms with Crippen molar-refractivity contribution in [3.8, 4) is 0 Å². The molecule has 0 atom stereocenters. The Morgan fingerprint density at radius 3 is 1.77 bits per heavy atom. The van der Waals surface area contributed by atoms with Crippen LogP contribution in [0.4, 0.5) is 22.0 Å². The van der Waals surface area contributed by atoms with Crippen molar-refractivity contribution >= 4 is 11.8 Å². The fourth-order valence-corrected chi connectivity index (χ4v) is 3.78. The van der Waals surface area contributed by atoms with Gasteiger partial charge in [0.15, 0.2) is 17.5 Å². The van der Waals surface area contributed by atoms with Crippen LogP contribution in [0.3, 0.4) is 0 Å². The molecule has 2 saturated carbocycles. The molecule has 0 unspecified atom stereocenters. The Morgan fingerprint density at radius 1 is 0.846 bits per heavy atom. The Balaban J connectivity index is 0.000000532. The normalized spacial score (nSPS) is 24.0. The summed E-state index contributed by atoms with van der Waals surface area (Å²) < 4.78 is 60.5. The zero-order valence-electron chi connectivity index (χ0n) is 14.2. The summed E-state index contributed by atoms with van der Waals surface area (Å²) in [7, 11) is 0. The number of Topliss-reactive ketones (excluding diaryl/α,β-unsaturated/α-hetero) is 1. The first-order valence-corrected chi connectivity index (χ1v) is 8.79. The molecule has 0 radical (unpaired) electrons. The summed E-state index contributed by atoms with van der Waals surface area (Å²) >= 11 is 0. The summed E-state index contributed by atoms with van der Waals surface area (Å²) in [6.45, 7) is 0. The van der Waals surface area contributed by atoms with Crippen LogP contribution >= 0.6 is 0 Å². The molecule has 0 N–H and O–H groups in total. The van der Waals surface area contributed by atoms with Gasteiger partial charge in [0.05, 0.1) is 0 Å². The largest absolute Gasteiger partial charge is 0.304 e. The Bertz CT molecular complexity index is 631. The quantitative estimate of drug-likeness (QED) is 0.282. The summed E-state index contributed by atoms with van der Waals surface area (Å²) in [6, 6.07) is -0.575. The maximum absolute atomic E-state index is 12.5. The van der Waals surface area contributed by atoms with Gasteiger partial charge in [0.1, 0.15) is 11.6 Å². The highest BCUT2D eigenvalue weighted by atomic mass is 19.2. The zero-order valence-corrected chi connectivity index (χ0v) is 14.2. The van der Waals surface area contributed by atoms with Crippen molar-refractivity contribution in [2.24, 2.45) is 17.8 Å². The Kier molecular flexibility index (Phi) is 7.29. The molecule has 0 heterocycles. The number of benzene rings is 1. The first-order chi connectivity index (χ1) is 12.3. The van der Waals surface area contributed by atoms with Crippen LogP contribution in [0.5, 0.6) is 0 Å². The van der Waals surface area contributed by atoms with E-state index in [-0.39, 0.29) is 20.9 Å². The third-order valence-corrected chi connectivity index (χ3v) is 5.30. The van der Waals surface area contributed by atoms with Crippen LogP contribution in [0.2, 0.25) is 0 Å². The lowest BCUT2D eigenvalue weighted by atomic mass is 9.71. The minimum atomic E-state index is -1.65. The van der Waals surface area contributed by atoms with Crippen molar-refractivity contribution in [3.63, 3.8) is 0 Å². The van der Waals surface area contributed by atoms with Gasteiger partial charge in [0.25, 0.3) is 0 Å². The van der Waals surface area contributed by atoms with E-state index in [1.165, 1.54) is 0 Å². The SMILES string of the molecule is Fc1cc(F)c(F)c(F)c1.O=C1CCC(C2CCC(C(=O)F)CC2)CC1.[HH].[HH]. The second-order valence-electron chi connectivity index (χ2n) is 6.98. The minimum Gasteiger partial charge on any atom is -0.300 e. The maximum atomic E-state index is 12.5. The molecule has 0 aliphatic heterocycles. The molecule has 2 nitrogen and oxygen atoms in total. The molecule has 148 valence electrons. The van der Waals surface area contributed by atoms with Crippen molar-refractivity contribution in [1.82, 2.24) is 0 Å². The first-order valence-electron chi connectivity index (χ1n) is 8.79.